The van der Waals surface area contributed by atoms with E-state index in [2.05, 4.69) is 19.7 Å². The second-order valence-corrected chi connectivity index (χ2v) is 2.66. The van der Waals surface area contributed by atoms with Crippen LogP contribution in [0.4, 0.5) is 5.82 Å². The van der Waals surface area contributed by atoms with E-state index in [1.54, 1.807) is 12.3 Å². The van der Waals surface area contributed by atoms with E-state index < -0.39 is 5.97 Å². The SMILES string of the molecule is COC(=O)c1nc(N)c2cc[nH]c2n1. The highest BCUT2D eigenvalue weighted by molar-refractivity contribution is 5.92. The fourth-order valence-electron chi connectivity index (χ4n) is 1.15. The number of methoxy groups -OCH3 is 1. The summed E-state index contributed by atoms with van der Waals surface area (Å²) in [5.74, 6) is -0.384. The summed E-state index contributed by atoms with van der Waals surface area (Å²) in [5.41, 5.74) is 6.14. The molecule has 0 aliphatic heterocycles. The van der Waals surface area contributed by atoms with Crippen LogP contribution in [0.3, 0.4) is 0 Å². The molecule has 0 aromatic carbocycles. The van der Waals surface area contributed by atoms with Crippen LogP contribution in [0.5, 0.6) is 0 Å². The van der Waals surface area contributed by atoms with Gasteiger partial charge in [-0.25, -0.2) is 14.8 Å². The Morgan fingerprint density at radius 2 is 2.36 bits per heavy atom. The number of hydrogen-bond donors (Lipinski definition) is 2. The molecule has 0 spiro atoms. The molecule has 2 aromatic rings. The van der Waals surface area contributed by atoms with Crippen LogP contribution in [0.2, 0.25) is 0 Å². The summed E-state index contributed by atoms with van der Waals surface area (Å²) in [6.45, 7) is 0. The number of aromatic amines is 1. The van der Waals surface area contributed by atoms with E-state index in [1.165, 1.54) is 7.11 Å². The van der Waals surface area contributed by atoms with E-state index in [9.17, 15) is 4.79 Å². The molecule has 0 bridgehead atoms. The Hall–Kier alpha value is -2.11. The van der Waals surface area contributed by atoms with Gasteiger partial charge in [-0.15, -0.1) is 0 Å². The minimum absolute atomic E-state index is 0.0417. The first kappa shape index (κ1) is 8.49. The smallest absolute Gasteiger partial charge is 0.376 e. The second kappa shape index (κ2) is 2.99. The number of fused-ring (bicyclic) bond motifs is 1. The predicted octanol–water partition coefficient (Wildman–Crippen LogP) is 0.327. The lowest BCUT2D eigenvalue weighted by Crippen LogP contribution is -2.09. The van der Waals surface area contributed by atoms with Crippen LogP contribution in [-0.2, 0) is 4.74 Å². The Kier molecular flexibility index (Phi) is 1.81. The van der Waals surface area contributed by atoms with Gasteiger partial charge in [0.2, 0.25) is 5.82 Å². The zero-order valence-electron chi connectivity index (χ0n) is 7.44. The van der Waals surface area contributed by atoms with Crippen LogP contribution in [0.1, 0.15) is 10.6 Å². The summed E-state index contributed by atoms with van der Waals surface area (Å²) in [5, 5.41) is 0.692. The first-order chi connectivity index (χ1) is 6.72. The number of H-pyrrole nitrogens is 1. The van der Waals surface area contributed by atoms with E-state index in [-0.39, 0.29) is 11.6 Å². The van der Waals surface area contributed by atoms with Crippen LogP contribution in [0.15, 0.2) is 12.3 Å². The maximum Gasteiger partial charge on any atom is 0.376 e. The molecule has 0 amide bonds. The fraction of sp³-hybridized carbons (Fsp3) is 0.125. The first-order valence-electron chi connectivity index (χ1n) is 3.91. The Morgan fingerprint density at radius 3 is 3.07 bits per heavy atom. The number of carbonyl (C=O) groups is 1. The molecule has 3 N–H and O–H groups in total. The van der Waals surface area contributed by atoms with Gasteiger partial charge in [0.1, 0.15) is 11.5 Å². The van der Waals surface area contributed by atoms with E-state index in [0.717, 1.165) is 0 Å². The van der Waals surface area contributed by atoms with Gasteiger partial charge in [-0.1, -0.05) is 0 Å². The highest BCUT2D eigenvalue weighted by atomic mass is 16.5. The number of nitrogen functional groups attached to an aromatic ring is 1. The summed E-state index contributed by atoms with van der Waals surface area (Å²) in [7, 11) is 1.26. The minimum Gasteiger partial charge on any atom is -0.463 e. The molecule has 0 aliphatic rings. The van der Waals surface area contributed by atoms with E-state index in [4.69, 9.17) is 5.73 Å². The number of ether oxygens (including phenoxy) is 1. The first-order valence-corrected chi connectivity index (χ1v) is 3.91. The summed E-state index contributed by atoms with van der Waals surface area (Å²) < 4.78 is 4.48. The van der Waals surface area contributed by atoms with Gasteiger partial charge in [0.25, 0.3) is 0 Å². The van der Waals surface area contributed by atoms with E-state index in [1.807, 2.05) is 0 Å². The predicted molar refractivity (Wildman–Crippen MR) is 49.6 cm³/mol. The summed E-state index contributed by atoms with van der Waals surface area (Å²) in [4.78, 5) is 21.7. The third kappa shape index (κ3) is 1.17. The average Bonchev–Trinajstić information content (AvgIpc) is 2.64. The number of nitrogens with zero attached hydrogens (tertiary/aromatic N) is 2. The molecule has 72 valence electrons. The molecule has 6 nitrogen and oxygen atoms in total. The molecule has 6 heteroatoms. The quantitative estimate of drug-likeness (QED) is 0.635. The molecule has 0 atom stereocenters. The average molecular weight is 192 g/mol. The highest BCUT2D eigenvalue weighted by Crippen LogP contribution is 2.15. The van der Waals surface area contributed by atoms with Crippen molar-refractivity contribution in [3.63, 3.8) is 0 Å². The Morgan fingerprint density at radius 1 is 1.57 bits per heavy atom. The maximum atomic E-state index is 11.1. The lowest BCUT2D eigenvalue weighted by molar-refractivity contribution is 0.0587. The van der Waals surface area contributed by atoms with Crippen molar-refractivity contribution in [1.29, 1.82) is 0 Å². The minimum atomic E-state index is -0.604. The Bertz CT molecular complexity index is 491. The summed E-state index contributed by atoms with van der Waals surface area (Å²) in [6.07, 6.45) is 1.68. The normalized spacial score (nSPS) is 10.4. The molecule has 0 fully saturated rings. The molecule has 0 saturated heterocycles. The zero-order valence-corrected chi connectivity index (χ0v) is 7.44. The van der Waals surface area contributed by atoms with Crippen LogP contribution in [0.25, 0.3) is 11.0 Å². The second-order valence-electron chi connectivity index (χ2n) is 2.66. The zero-order chi connectivity index (χ0) is 10.1. The number of nitrogens with one attached hydrogen (secondary N) is 1. The largest absolute Gasteiger partial charge is 0.463 e. The van der Waals surface area contributed by atoms with Gasteiger partial charge >= 0.3 is 5.97 Å². The molecule has 2 heterocycles. The third-order valence-corrected chi connectivity index (χ3v) is 1.81. The molecule has 0 saturated carbocycles. The fourth-order valence-corrected chi connectivity index (χ4v) is 1.15. The van der Waals surface area contributed by atoms with E-state index >= 15 is 0 Å². The number of aromatic nitrogens is 3. The number of nitrogens with two attached hydrogens (primary N) is 1. The van der Waals surface area contributed by atoms with Crippen molar-refractivity contribution in [2.45, 2.75) is 0 Å². The molecule has 2 aromatic heterocycles. The number of esters is 1. The molecule has 14 heavy (non-hydrogen) atoms. The van der Waals surface area contributed by atoms with E-state index in [0.29, 0.717) is 11.0 Å². The van der Waals surface area contributed by atoms with Crippen molar-refractivity contribution >= 4 is 22.8 Å². The molecule has 0 radical (unpaired) electrons. The van der Waals surface area contributed by atoms with Gasteiger partial charge in [-0.2, -0.15) is 0 Å². The van der Waals surface area contributed by atoms with Gasteiger partial charge in [-0.05, 0) is 6.07 Å². The molecule has 2 rings (SSSR count). The lowest BCUT2D eigenvalue weighted by atomic mass is 10.4. The monoisotopic (exact) mass is 192 g/mol. The topological polar surface area (TPSA) is 93.9 Å². The molecular weight excluding hydrogens is 184 g/mol. The van der Waals surface area contributed by atoms with Gasteiger partial charge in [-0.3, -0.25) is 0 Å². The lowest BCUT2D eigenvalue weighted by Gasteiger charge is -1.99. The Balaban J connectivity index is 2.64. The standard InChI is InChI=1S/C8H8N4O2/c1-14-8(13)7-11-5(9)4-2-3-10-6(4)12-7/h2-3H,1H3,(H3,9,10,11,12). The van der Waals surface area contributed by atoms with Crippen LogP contribution >= 0.6 is 0 Å². The molecule has 0 unspecified atom stereocenters. The van der Waals surface area contributed by atoms with Gasteiger partial charge < -0.3 is 15.5 Å². The number of carbonyl (C=O) groups excluding carboxylic acids is 1. The summed E-state index contributed by atoms with van der Waals surface area (Å²) in [6, 6.07) is 1.74. The third-order valence-electron chi connectivity index (χ3n) is 1.81. The van der Waals surface area contributed by atoms with Crippen molar-refractivity contribution < 1.29 is 9.53 Å². The number of hydrogen-bond acceptors (Lipinski definition) is 5. The van der Waals surface area contributed by atoms with Crippen molar-refractivity contribution in [3.05, 3.63) is 18.1 Å². The van der Waals surface area contributed by atoms with Crippen molar-refractivity contribution in [2.24, 2.45) is 0 Å². The van der Waals surface area contributed by atoms with Crippen LogP contribution < -0.4 is 5.73 Å². The molecular formula is C8H8N4O2. The highest BCUT2D eigenvalue weighted by Gasteiger charge is 2.12. The van der Waals surface area contributed by atoms with Crippen molar-refractivity contribution in [1.82, 2.24) is 15.0 Å². The van der Waals surface area contributed by atoms with Gasteiger partial charge in [0, 0.05) is 6.20 Å². The maximum absolute atomic E-state index is 11.1. The number of anilines is 1. The van der Waals surface area contributed by atoms with Crippen LogP contribution in [-0.4, -0.2) is 28.0 Å². The van der Waals surface area contributed by atoms with Gasteiger partial charge in [0.15, 0.2) is 0 Å². The van der Waals surface area contributed by atoms with Crippen LogP contribution in [0, 0.1) is 0 Å². The van der Waals surface area contributed by atoms with Crippen molar-refractivity contribution in [2.75, 3.05) is 12.8 Å². The van der Waals surface area contributed by atoms with Gasteiger partial charge in [0.05, 0.1) is 12.5 Å². The van der Waals surface area contributed by atoms with Crippen molar-refractivity contribution in [3.8, 4) is 0 Å². The Labute approximate surface area is 79.1 Å². The number of rotatable bonds is 1. The molecule has 0 aliphatic carbocycles. The summed E-state index contributed by atoms with van der Waals surface area (Å²) >= 11 is 0.